The third-order valence-corrected chi connectivity index (χ3v) is 6.22. The van der Waals surface area contributed by atoms with Crippen LogP contribution in [0.4, 0.5) is 5.69 Å². The van der Waals surface area contributed by atoms with Gasteiger partial charge < -0.3 is 14.2 Å². The molecule has 5 nitrogen and oxygen atoms in total. The lowest BCUT2D eigenvalue weighted by molar-refractivity contribution is 0.0997. The third-order valence-electron chi connectivity index (χ3n) is 4.78. The van der Waals surface area contributed by atoms with Crippen LogP contribution in [0.25, 0.3) is 33.9 Å². The van der Waals surface area contributed by atoms with Crippen molar-refractivity contribution in [2.75, 3.05) is 5.32 Å². The number of furan rings is 1. The Hall–Kier alpha value is -2.52. The highest BCUT2D eigenvalue weighted by molar-refractivity contribution is 14.1. The zero-order valence-electron chi connectivity index (χ0n) is 16.5. The highest BCUT2D eigenvalue weighted by Gasteiger charge is 2.16. The first kappa shape index (κ1) is 22.3. The number of aromatic nitrogens is 1. The Morgan fingerprint density at radius 2 is 1.67 bits per heavy atom. The fraction of sp³-hybridized carbons (Fsp3) is 0. The highest BCUT2D eigenvalue weighted by Crippen LogP contribution is 2.32. The Bertz CT molecular complexity index is 1510. The van der Waals surface area contributed by atoms with E-state index >= 15 is 0 Å². The van der Waals surface area contributed by atoms with E-state index in [1.165, 1.54) is 0 Å². The standard InChI is InChI=1S/C24H12Cl3IN2O3/c25-13-7-12(8-14(26)9-13)20-5-6-22(32-20)23(31)29-16-2-4-21-19(11-16)30-24(33-21)17-10-15(28)1-3-18(17)27/h1-11H,(H,29,31). The number of hydrogen-bond donors (Lipinski definition) is 1. The number of nitrogens with zero attached hydrogens (tertiary/aromatic N) is 1. The van der Waals surface area contributed by atoms with Crippen LogP contribution in [0.1, 0.15) is 10.6 Å². The molecule has 164 valence electrons. The average Bonchev–Trinajstić information content (AvgIpc) is 3.42. The number of hydrogen-bond acceptors (Lipinski definition) is 4. The minimum absolute atomic E-state index is 0.146. The van der Waals surface area contributed by atoms with Crippen molar-refractivity contribution in [2.24, 2.45) is 0 Å². The van der Waals surface area contributed by atoms with Crippen molar-refractivity contribution >= 4 is 80.1 Å². The topological polar surface area (TPSA) is 68.3 Å². The number of carbonyl (C=O) groups excluding carboxylic acids is 1. The quantitative estimate of drug-likeness (QED) is 0.207. The summed E-state index contributed by atoms with van der Waals surface area (Å²) >= 11 is 20.6. The lowest BCUT2D eigenvalue weighted by Gasteiger charge is -2.03. The van der Waals surface area contributed by atoms with Gasteiger partial charge in [0.05, 0.1) is 10.6 Å². The van der Waals surface area contributed by atoms with Crippen LogP contribution in [0, 0.1) is 3.57 Å². The summed E-state index contributed by atoms with van der Waals surface area (Å²) in [6, 6.07) is 19.1. The Morgan fingerprint density at radius 1 is 0.879 bits per heavy atom. The first-order chi connectivity index (χ1) is 15.9. The summed E-state index contributed by atoms with van der Waals surface area (Å²) in [6.45, 7) is 0. The zero-order chi connectivity index (χ0) is 23.1. The monoisotopic (exact) mass is 608 g/mol. The van der Waals surface area contributed by atoms with Gasteiger partial charge in [-0.05, 0) is 89.3 Å². The number of benzene rings is 3. The number of nitrogens with one attached hydrogen (secondary N) is 1. The van der Waals surface area contributed by atoms with Gasteiger partial charge in [-0.1, -0.05) is 34.8 Å². The SMILES string of the molecule is O=C(Nc1ccc2oc(-c3cc(I)ccc3Cl)nc2c1)c1ccc(-c2cc(Cl)cc(Cl)c2)o1. The van der Waals surface area contributed by atoms with E-state index < -0.39 is 5.91 Å². The molecule has 2 heterocycles. The molecule has 5 aromatic rings. The number of carbonyl (C=O) groups is 1. The molecule has 0 radical (unpaired) electrons. The van der Waals surface area contributed by atoms with Crippen LogP contribution in [0.15, 0.2) is 75.6 Å². The second kappa shape index (κ2) is 9.02. The number of oxazole rings is 1. The summed E-state index contributed by atoms with van der Waals surface area (Å²) in [5.74, 6) is 0.633. The van der Waals surface area contributed by atoms with Crippen molar-refractivity contribution in [1.29, 1.82) is 0 Å². The van der Waals surface area contributed by atoms with Gasteiger partial charge in [-0.15, -0.1) is 0 Å². The number of halogens is 4. The fourth-order valence-electron chi connectivity index (χ4n) is 3.29. The Kier molecular flexibility index (Phi) is 6.09. The van der Waals surface area contributed by atoms with E-state index in [0.29, 0.717) is 54.6 Å². The Labute approximate surface area is 216 Å². The second-order valence-electron chi connectivity index (χ2n) is 7.10. The predicted octanol–water partition coefficient (Wildman–Crippen LogP) is 8.57. The van der Waals surface area contributed by atoms with Gasteiger partial charge >= 0.3 is 0 Å². The van der Waals surface area contributed by atoms with E-state index in [1.807, 2.05) is 12.1 Å². The smallest absolute Gasteiger partial charge is 0.291 e. The predicted molar refractivity (Wildman–Crippen MR) is 139 cm³/mol. The van der Waals surface area contributed by atoms with Gasteiger partial charge in [-0.3, -0.25) is 4.79 Å². The summed E-state index contributed by atoms with van der Waals surface area (Å²) in [5, 5.41) is 4.32. The van der Waals surface area contributed by atoms with Gasteiger partial charge in [0.2, 0.25) is 5.89 Å². The van der Waals surface area contributed by atoms with E-state index in [9.17, 15) is 4.79 Å². The lowest BCUT2D eigenvalue weighted by atomic mass is 10.2. The molecular weight excluding hydrogens is 598 g/mol. The van der Waals surface area contributed by atoms with Crippen LogP contribution in [-0.4, -0.2) is 10.9 Å². The lowest BCUT2D eigenvalue weighted by Crippen LogP contribution is -2.10. The van der Waals surface area contributed by atoms with Crippen LogP contribution >= 0.6 is 57.4 Å². The number of rotatable bonds is 4. The van der Waals surface area contributed by atoms with Gasteiger partial charge in [-0.25, -0.2) is 4.98 Å². The van der Waals surface area contributed by atoms with Crippen molar-refractivity contribution in [3.8, 4) is 22.8 Å². The molecule has 0 saturated heterocycles. The minimum atomic E-state index is -0.405. The van der Waals surface area contributed by atoms with Gasteiger partial charge in [0.15, 0.2) is 11.3 Å². The maximum absolute atomic E-state index is 12.7. The third kappa shape index (κ3) is 4.75. The molecule has 33 heavy (non-hydrogen) atoms. The molecule has 0 spiro atoms. The van der Waals surface area contributed by atoms with Gasteiger partial charge in [0.1, 0.15) is 11.3 Å². The van der Waals surface area contributed by atoms with Crippen molar-refractivity contribution in [3.05, 3.63) is 91.1 Å². The summed E-state index contributed by atoms with van der Waals surface area (Å²) in [5.41, 5.74) is 3.10. The molecule has 2 aromatic heterocycles. The molecule has 0 aliphatic heterocycles. The molecule has 5 rings (SSSR count). The number of fused-ring (bicyclic) bond motifs is 1. The highest BCUT2D eigenvalue weighted by atomic mass is 127. The fourth-order valence-corrected chi connectivity index (χ4v) is 4.50. The Balaban J connectivity index is 1.39. The molecule has 1 amide bonds. The van der Waals surface area contributed by atoms with Gasteiger partial charge in [0, 0.05) is 24.9 Å². The molecular formula is C24H12Cl3IN2O3. The van der Waals surface area contributed by atoms with Gasteiger partial charge in [0.25, 0.3) is 5.91 Å². The zero-order valence-corrected chi connectivity index (χ0v) is 21.0. The molecule has 0 atom stereocenters. The maximum atomic E-state index is 12.7. The molecule has 0 fully saturated rings. The minimum Gasteiger partial charge on any atom is -0.451 e. The van der Waals surface area contributed by atoms with Gasteiger partial charge in [-0.2, -0.15) is 0 Å². The summed E-state index contributed by atoms with van der Waals surface area (Å²) in [6.07, 6.45) is 0. The number of anilines is 1. The van der Waals surface area contributed by atoms with Crippen molar-refractivity contribution in [3.63, 3.8) is 0 Å². The van der Waals surface area contributed by atoms with E-state index in [4.69, 9.17) is 43.6 Å². The number of amides is 1. The molecule has 0 saturated carbocycles. The maximum Gasteiger partial charge on any atom is 0.291 e. The van der Waals surface area contributed by atoms with Crippen LogP contribution < -0.4 is 5.32 Å². The summed E-state index contributed by atoms with van der Waals surface area (Å²) in [7, 11) is 0. The van der Waals surface area contributed by atoms with Crippen molar-refractivity contribution in [2.45, 2.75) is 0 Å². The van der Waals surface area contributed by atoms with Crippen molar-refractivity contribution in [1.82, 2.24) is 4.98 Å². The van der Waals surface area contributed by atoms with E-state index in [2.05, 4.69) is 32.9 Å². The van der Waals surface area contributed by atoms with Crippen molar-refractivity contribution < 1.29 is 13.6 Å². The molecule has 0 bridgehead atoms. The summed E-state index contributed by atoms with van der Waals surface area (Å²) < 4.78 is 12.6. The molecule has 3 aromatic carbocycles. The summed E-state index contributed by atoms with van der Waals surface area (Å²) in [4.78, 5) is 17.3. The molecule has 0 unspecified atom stereocenters. The first-order valence-corrected chi connectivity index (χ1v) is 11.8. The molecule has 0 aliphatic carbocycles. The van der Waals surface area contributed by atoms with E-state index in [1.54, 1.807) is 54.6 Å². The van der Waals surface area contributed by atoms with Crippen LogP contribution in [-0.2, 0) is 0 Å². The van der Waals surface area contributed by atoms with Crippen LogP contribution in [0.2, 0.25) is 15.1 Å². The molecule has 1 N–H and O–H groups in total. The van der Waals surface area contributed by atoms with Crippen LogP contribution in [0.3, 0.4) is 0 Å². The Morgan fingerprint density at radius 3 is 2.45 bits per heavy atom. The van der Waals surface area contributed by atoms with E-state index in [-0.39, 0.29) is 5.76 Å². The van der Waals surface area contributed by atoms with E-state index in [0.717, 1.165) is 3.57 Å². The molecule has 0 aliphatic rings. The largest absolute Gasteiger partial charge is 0.451 e. The average molecular weight is 610 g/mol. The van der Waals surface area contributed by atoms with Crippen LogP contribution in [0.5, 0.6) is 0 Å². The second-order valence-corrected chi connectivity index (χ2v) is 9.63. The first-order valence-electron chi connectivity index (χ1n) is 9.59. The normalized spacial score (nSPS) is 11.2. The molecule has 9 heteroatoms.